The second kappa shape index (κ2) is 5.98. The van der Waals surface area contributed by atoms with Gasteiger partial charge in [-0.2, -0.15) is 0 Å². The van der Waals surface area contributed by atoms with Gasteiger partial charge in [-0.3, -0.25) is 10.8 Å². The molecule has 0 amide bonds. The number of nitrogens with zero attached hydrogens (tertiary/aromatic N) is 1. The lowest BCUT2D eigenvalue weighted by atomic mass is 9.99. The van der Waals surface area contributed by atoms with Gasteiger partial charge >= 0.3 is 0 Å². The highest BCUT2D eigenvalue weighted by Gasteiger charge is 2.18. The molecule has 106 valence electrons. The number of ether oxygens (including phenoxy) is 1. The number of aryl methyl sites for hydroxylation is 2. The molecule has 0 aliphatic heterocycles. The minimum atomic E-state index is -0.421. The number of benzene rings is 1. The molecule has 4 nitrogen and oxygen atoms in total. The number of hydrogen-bond donors (Lipinski definition) is 2. The van der Waals surface area contributed by atoms with Crippen molar-refractivity contribution < 1.29 is 9.13 Å². The van der Waals surface area contributed by atoms with Crippen LogP contribution in [0.5, 0.6) is 5.75 Å². The van der Waals surface area contributed by atoms with E-state index in [4.69, 9.17) is 10.6 Å². The van der Waals surface area contributed by atoms with E-state index in [1.165, 1.54) is 13.2 Å². The lowest BCUT2D eigenvalue weighted by Crippen LogP contribution is -2.30. The van der Waals surface area contributed by atoms with E-state index in [2.05, 4.69) is 10.4 Å². The van der Waals surface area contributed by atoms with Gasteiger partial charge in [0.25, 0.3) is 0 Å². The SMILES string of the molecule is COc1ccc(C(NN)c2ncc(C)cc2C)cc1F. The molecule has 0 radical (unpaired) electrons. The van der Waals surface area contributed by atoms with Crippen LogP contribution < -0.4 is 16.0 Å². The van der Waals surface area contributed by atoms with Crippen molar-refractivity contribution in [3.05, 3.63) is 58.7 Å². The maximum absolute atomic E-state index is 13.8. The van der Waals surface area contributed by atoms with E-state index in [0.29, 0.717) is 5.56 Å². The first-order valence-corrected chi connectivity index (χ1v) is 6.29. The van der Waals surface area contributed by atoms with Crippen LogP contribution >= 0.6 is 0 Å². The summed E-state index contributed by atoms with van der Waals surface area (Å²) < 4.78 is 18.7. The molecule has 2 rings (SSSR count). The second-order valence-electron chi connectivity index (χ2n) is 4.71. The van der Waals surface area contributed by atoms with E-state index in [-0.39, 0.29) is 11.8 Å². The van der Waals surface area contributed by atoms with Crippen LogP contribution in [-0.2, 0) is 0 Å². The summed E-state index contributed by atoms with van der Waals surface area (Å²) in [6.45, 7) is 3.93. The first kappa shape index (κ1) is 14.4. The molecular weight excluding hydrogens is 257 g/mol. The van der Waals surface area contributed by atoms with Crippen molar-refractivity contribution in [1.82, 2.24) is 10.4 Å². The Morgan fingerprint density at radius 2 is 2.05 bits per heavy atom. The molecule has 20 heavy (non-hydrogen) atoms. The molecule has 5 heteroatoms. The average molecular weight is 275 g/mol. The van der Waals surface area contributed by atoms with E-state index >= 15 is 0 Å². The summed E-state index contributed by atoms with van der Waals surface area (Å²) in [6, 6.07) is 6.42. The number of pyridine rings is 1. The summed E-state index contributed by atoms with van der Waals surface area (Å²) in [5.74, 6) is 5.41. The highest BCUT2D eigenvalue weighted by Crippen LogP contribution is 2.26. The Morgan fingerprint density at radius 3 is 2.60 bits per heavy atom. The van der Waals surface area contributed by atoms with Crippen molar-refractivity contribution in [2.24, 2.45) is 5.84 Å². The van der Waals surface area contributed by atoms with Gasteiger partial charge in [-0.1, -0.05) is 12.1 Å². The molecule has 1 heterocycles. The van der Waals surface area contributed by atoms with Crippen molar-refractivity contribution in [2.75, 3.05) is 7.11 Å². The quantitative estimate of drug-likeness (QED) is 0.664. The monoisotopic (exact) mass is 275 g/mol. The molecule has 2 aromatic rings. The van der Waals surface area contributed by atoms with Gasteiger partial charge in [0.15, 0.2) is 11.6 Å². The van der Waals surface area contributed by atoms with Crippen LogP contribution in [0.4, 0.5) is 4.39 Å². The minimum absolute atomic E-state index is 0.207. The van der Waals surface area contributed by atoms with Crippen LogP contribution in [0.2, 0.25) is 0 Å². The number of halogens is 1. The van der Waals surface area contributed by atoms with Gasteiger partial charge in [-0.15, -0.1) is 0 Å². The molecule has 0 saturated carbocycles. The number of hydrogen-bond acceptors (Lipinski definition) is 4. The lowest BCUT2D eigenvalue weighted by molar-refractivity contribution is 0.385. The van der Waals surface area contributed by atoms with E-state index in [1.807, 2.05) is 19.9 Å². The smallest absolute Gasteiger partial charge is 0.165 e. The van der Waals surface area contributed by atoms with Gasteiger partial charge in [0.2, 0.25) is 0 Å². The second-order valence-corrected chi connectivity index (χ2v) is 4.71. The maximum atomic E-state index is 13.8. The molecular formula is C15H18FN3O. The Kier molecular flexibility index (Phi) is 4.32. The van der Waals surface area contributed by atoms with E-state index in [9.17, 15) is 4.39 Å². The van der Waals surface area contributed by atoms with E-state index < -0.39 is 5.82 Å². The van der Waals surface area contributed by atoms with E-state index in [0.717, 1.165) is 16.8 Å². The van der Waals surface area contributed by atoms with Gasteiger partial charge in [-0.25, -0.2) is 9.82 Å². The van der Waals surface area contributed by atoms with Crippen LogP contribution in [0.15, 0.2) is 30.5 Å². The molecule has 0 bridgehead atoms. The average Bonchev–Trinajstić information content (AvgIpc) is 2.42. The van der Waals surface area contributed by atoms with Crippen molar-refractivity contribution in [3.63, 3.8) is 0 Å². The lowest BCUT2D eigenvalue weighted by Gasteiger charge is -2.18. The van der Waals surface area contributed by atoms with Crippen molar-refractivity contribution in [1.29, 1.82) is 0 Å². The third-order valence-corrected chi connectivity index (χ3v) is 3.20. The van der Waals surface area contributed by atoms with Gasteiger partial charge < -0.3 is 4.74 Å². The van der Waals surface area contributed by atoms with Gasteiger partial charge in [0.1, 0.15) is 0 Å². The fourth-order valence-electron chi connectivity index (χ4n) is 2.22. The molecule has 0 spiro atoms. The summed E-state index contributed by atoms with van der Waals surface area (Å²) in [5.41, 5.74) is 6.25. The van der Waals surface area contributed by atoms with Gasteiger partial charge in [-0.05, 0) is 42.7 Å². The summed E-state index contributed by atoms with van der Waals surface area (Å²) in [7, 11) is 1.43. The largest absolute Gasteiger partial charge is 0.494 e. The fourth-order valence-corrected chi connectivity index (χ4v) is 2.22. The fraction of sp³-hybridized carbons (Fsp3) is 0.267. The number of nitrogens with two attached hydrogens (primary N) is 1. The highest BCUT2D eigenvalue weighted by molar-refractivity contribution is 5.37. The van der Waals surface area contributed by atoms with Crippen LogP contribution in [0.1, 0.15) is 28.4 Å². The highest BCUT2D eigenvalue weighted by atomic mass is 19.1. The maximum Gasteiger partial charge on any atom is 0.165 e. The molecule has 1 unspecified atom stereocenters. The van der Waals surface area contributed by atoms with Crippen LogP contribution in [-0.4, -0.2) is 12.1 Å². The molecule has 3 N–H and O–H groups in total. The van der Waals surface area contributed by atoms with Crippen molar-refractivity contribution in [2.45, 2.75) is 19.9 Å². The van der Waals surface area contributed by atoms with Crippen LogP contribution in [0.25, 0.3) is 0 Å². The topological polar surface area (TPSA) is 60.2 Å². The summed E-state index contributed by atoms with van der Waals surface area (Å²) in [6.07, 6.45) is 1.77. The standard InChI is InChI=1S/C15H18FN3O/c1-9-6-10(2)14(18-8-9)15(19-17)11-4-5-13(20-3)12(16)7-11/h4-8,15,19H,17H2,1-3H3. The summed E-state index contributed by atoms with van der Waals surface area (Å²) >= 11 is 0. The third kappa shape index (κ3) is 2.79. The first-order valence-electron chi connectivity index (χ1n) is 6.29. The zero-order valence-corrected chi connectivity index (χ0v) is 11.8. The summed E-state index contributed by atoms with van der Waals surface area (Å²) in [4.78, 5) is 4.40. The minimum Gasteiger partial charge on any atom is -0.494 e. The normalized spacial score (nSPS) is 12.2. The Labute approximate surface area is 117 Å². The Bertz CT molecular complexity index is 616. The third-order valence-electron chi connectivity index (χ3n) is 3.20. The van der Waals surface area contributed by atoms with Crippen LogP contribution in [0, 0.1) is 19.7 Å². The number of rotatable bonds is 4. The Hall–Kier alpha value is -1.98. The molecule has 0 fully saturated rings. The number of aromatic nitrogens is 1. The van der Waals surface area contributed by atoms with Crippen molar-refractivity contribution in [3.8, 4) is 5.75 Å². The zero-order valence-electron chi connectivity index (χ0n) is 11.8. The number of nitrogens with one attached hydrogen (secondary N) is 1. The number of methoxy groups -OCH3 is 1. The number of hydrazine groups is 1. The van der Waals surface area contributed by atoms with Crippen LogP contribution in [0.3, 0.4) is 0 Å². The van der Waals surface area contributed by atoms with Crippen molar-refractivity contribution >= 4 is 0 Å². The predicted octanol–water partition coefficient (Wildman–Crippen LogP) is 2.40. The Morgan fingerprint density at radius 1 is 1.30 bits per heavy atom. The molecule has 1 aromatic heterocycles. The Balaban J connectivity index is 2.44. The zero-order chi connectivity index (χ0) is 14.7. The summed E-state index contributed by atoms with van der Waals surface area (Å²) in [5, 5.41) is 0. The molecule has 0 aliphatic carbocycles. The van der Waals surface area contributed by atoms with Gasteiger partial charge in [0.05, 0.1) is 18.8 Å². The van der Waals surface area contributed by atoms with Gasteiger partial charge in [0, 0.05) is 6.20 Å². The predicted molar refractivity (Wildman–Crippen MR) is 75.8 cm³/mol. The first-order chi connectivity index (χ1) is 9.56. The van der Waals surface area contributed by atoms with E-state index in [1.54, 1.807) is 18.3 Å². The molecule has 0 aliphatic rings. The molecule has 1 atom stereocenters. The molecule has 1 aromatic carbocycles. The molecule has 0 saturated heterocycles.